The minimum absolute atomic E-state index is 0.292. The van der Waals surface area contributed by atoms with E-state index in [1.165, 1.54) is 43.3 Å². The number of unbranched alkanes of at least 4 members (excludes halogenated alkanes) is 1. The highest BCUT2D eigenvalue weighted by Gasteiger charge is 2.36. The van der Waals surface area contributed by atoms with Crippen molar-refractivity contribution in [1.82, 2.24) is 0 Å². The van der Waals surface area contributed by atoms with Crippen molar-refractivity contribution in [3.05, 3.63) is 23.8 Å². The molecule has 0 aliphatic carbocycles. The third-order valence-electron chi connectivity index (χ3n) is 5.17. The lowest BCUT2D eigenvalue weighted by Gasteiger charge is -2.35. The Hall–Kier alpha value is -0.343. The molecule has 0 aromatic heterocycles. The van der Waals surface area contributed by atoms with Crippen molar-refractivity contribution in [1.29, 1.82) is 0 Å². The molecule has 22 heavy (non-hydrogen) atoms. The van der Waals surface area contributed by atoms with Gasteiger partial charge in [0.15, 0.2) is 8.32 Å². The van der Waals surface area contributed by atoms with Crippen LogP contribution in [0.4, 0.5) is 0 Å². The Labute approximate surface area is 141 Å². The maximum atomic E-state index is 6.23. The molecule has 2 heteroatoms. The molecule has 0 radical (unpaired) electrons. The Morgan fingerprint density at radius 1 is 1.18 bits per heavy atom. The highest BCUT2D eigenvalue weighted by molar-refractivity contribution is 6.74. The first kappa shape index (κ1) is 21.7. The van der Waals surface area contributed by atoms with E-state index in [1.807, 2.05) is 0 Å². The van der Waals surface area contributed by atoms with E-state index in [2.05, 4.69) is 67.3 Å². The van der Waals surface area contributed by atoms with Crippen LogP contribution in [-0.2, 0) is 4.43 Å². The molecule has 1 nitrogen and oxygen atoms in total. The number of rotatable bonds is 10. The predicted octanol–water partition coefficient (Wildman–Crippen LogP) is 7.12. The Bertz CT molecular complexity index is 360. The van der Waals surface area contributed by atoms with Gasteiger partial charge < -0.3 is 4.43 Å². The van der Waals surface area contributed by atoms with Crippen LogP contribution in [0.25, 0.3) is 0 Å². The molecule has 0 amide bonds. The van der Waals surface area contributed by atoms with Gasteiger partial charge in [-0.05, 0) is 57.2 Å². The van der Waals surface area contributed by atoms with Crippen LogP contribution in [0.5, 0.6) is 0 Å². The zero-order valence-electron chi connectivity index (χ0n) is 16.5. The molecule has 0 aliphatic heterocycles. The molecule has 1 atom stereocenters. The van der Waals surface area contributed by atoms with E-state index in [0.717, 1.165) is 6.61 Å². The molecule has 1 unspecified atom stereocenters. The van der Waals surface area contributed by atoms with E-state index in [9.17, 15) is 0 Å². The zero-order valence-corrected chi connectivity index (χ0v) is 17.5. The topological polar surface area (TPSA) is 9.23 Å². The van der Waals surface area contributed by atoms with E-state index in [-0.39, 0.29) is 0 Å². The second kappa shape index (κ2) is 9.72. The molecule has 130 valence electrons. The normalized spacial score (nSPS) is 15.0. The van der Waals surface area contributed by atoms with E-state index in [1.54, 1.807) is 0 Å². The second-order valence-electron chi connectivity index (χ2n) is 8.35. The first-order chi connectivity index (χ1) is 10.0. The van der Waals surface area contributed by atoms with Gasteiger partial charge >= 0.3 is 0 Å². The summed E-state index contributed by atoms with van der Waals surface area (Å²) < 4.78 is 6.23. The minimum Gasteiger partial charge on any atom is -0.413 e. The highest BCUT2D eigenvalue weighted by atomic mass is 28.4. The van der Waals surface area contributed by atoms with E-state index in [4.69, 9.17) is 4.43 Å². The Kier molecular flexibility index (Phi) is 9.57. The van der Waals surface area contributed by atoms with Gasteiger partial charge in [0, 0.05) is 0 Å². The third-order valence-corrected chi connectivity index (χ3v) is 9.67. The molecule has 0 fully saturated rings. The average molecular weight is 325 g/mol. The lowest BCUT2D eigenvalue weighted by molar-refractivity contribution is 0.327. The summed E-state index contributed by atoms with van der Waals surface area (Å²) in [7, 11) is -1.61. The molecule has 0 aliphatic rings. The van der Waals surface area contributed by atoms with Gasteiger partial charge in [0.25, 0.3) is 0 Å². The number of hydrogen-bond donors (Lipinski definition) is 0. The van der Waals surface area contributed by atoms with Crippen molar-refractivity contribution >= 4 is 8.32 Å². The number of hydrogen-bond acceptors (Lipinski definition) is 1. The van der Waals surface area contributed by atoms with Crippen LogP contribution in [0.3, 0.4) is 0 Å². The van der Waals surface area contributed by atoms with Crippen molar-refractivity contribution in [2.24, 2.45) is 5.92 Å². The minimum atomic E-state index is -1.61. The fourth-order valence-corrected chi connectivity index (χ4v) is 3.13. The maximum absolute atomic E-state index is 6.23. The van der Waals surface area contributed by atoms with Gasteiger partial charge in [0.2, 0.25) is 0 Å². The van der Waals surface area contributed by atoms with Gasteiger partial charge in [-0.1, -0.05) is 64.3 Å². The molecule has 0 bridgehead atoms. The number of allylic oxidation sites excluding steroid dienone is 2. The molecule has 0 saturated heterocycles. The van der Waals surface area contributed by atoms with Crippen molar-refractivity contribution in [2.75, 3.05) is 6.61 Å². The second-order valence-corrected chi connectivity index (χ2v) is 13.2. The van der Waals surface area contributed by atoms with Crippen LogP contribution in [0.15, 0.2) is 23.8 Å². The van der Waals surface area contributed by atoms with Gasteiger partial charge in [-0.15, -0.1) is 0 Å². The van der Waals surface area contributed by atoms with Crippen LogP contribution < -0.4 is 0 Å². The zero-order chi connectivity index (χ0) is 17.4. The summed E-state index contributed by atoms with van der Waals surface area (Å²) in [4.78, 5) is 0. The van der Waals surface area contributed by atoms with Gasteiger partial charge in [-0.25, -0.2) is 0 Å². The molecule has 0 heterocycles. The molecule has 0 rings (SSSR count). The molecular formula is C20H40OSi. The molecular weight excluding hydrogens is 284 g/mol. The first-order valence-electron chi connectivity index (χ1n) is 8.96. The molecule has 0 spiro atoms. The van der Waals surface area contributed by atoms with Crippen molar-refractivity contribution in [3.8, 4) is 0 Å². The largest absolute Gasteiger partial charge is 0.413 e. The maximum Gasteiger partial charge on any atom is 0.192 e. The van der Waals surface area contributed by atoms with Gasteiger partial charge in [-0.3, -0.25) is 0 Å². The fourth-order valence-electron chi connectivity index (χ4n) is 2.20. The summed E-state index contributed by atoms with van der Waals surface area (Å²) in [5.41, 5.74) is 2.81. The van der Waals surface area contributed by atoms with Crippen LogP contribution in [0.2, 0.25) is 18.1 Å². The van der Waals surface area contributed by atoms with E-state index >= 15 is 0 Å². The van der Waals surface area contributed by atoms with Crippen molar-refractivity contribution in [2.45, 2.75) is 91.8 Å². The van der Waals surface area contributed by atoms with Crippen molar-refractivity contribution in [3.63, 3.8) is 0 Å². The Morgan fingerprint density at radius 2 is 1.77 bits per heavy atom. The quantitative estimate of drug-likeness (QED) is 0.307. The van der Waals surface area contributed by atoms with Crippen LogP contribution in [-0.4, -0.2) is 14.9 Å². The standard InChI is InChI=1S/C20H40OSi/c1-10-11-12-19(17(2)3)14-13-18(4)15-16-21-22(8,9)20(5,6)7/h15,19H,2,10-14,16H2,1,3-9H3/b18-15+. The SMILES string of the molecule is C=C(C)C(CCCC)CC/C(C)=C/CO[Si](C)(C)C(C)(C)C. The van der Waals surface area contributed by atoms with E-state index in [0.29, 0.717) is 11.0 Å². The average Bonchev–Trinajstić information content (AvgIpc) is 2.36. The summed E-state index contributed by atoms with van der Waals surface area (Å²) in [6.45, 7) is 23.1. The van der Waals surface area contributed by atoms with Gasteiger partial charge in [-0.2, -0.15) is 0 Å². The monoisotopic (exact) mass is 324 g/mol. The predicted molar refractivity (Wildman–Crippen MR) is 104 cm³/mol. The first-order valence-corrected chi connectivity index (χ1v) is 11.9. The van der Waals surface area contributed by atoms with Crippen molar-refractivity contribution < 1.29 is 4.43 Å². The lowest BCUT2D eigenvalue weighted by atomic mass is 9.89. The summed E-state index contributed by atoms with van der Waals surface area (Å²) in [5, 5.41) is 0.292. The smallest absolute Gasteiger partial charge is 0.192 e. The van der Waals surface area contributed by atoms with E-state index < -0.39 is 8.32 Å². The summed E-state index contributed by atoms with van der Waals surface area (Å²) in [6.07, 6.45) is 8.57. The summed E-state index contributed by atoms with van der Waals surface area (Å²) >= 11 is 0. The Morgan fingerprint density at radius 3 is 2.23 bits per heavy atom. The molecule has 0 aromatic carbocycles. The molecule has 0 aromatic rings. The molecule has 0 N–H and O–H groups in total. The summed E-state index contributed by atoms with van der Waals surface area (Å²) in [6, 6.07) is 0. The van der Waals surface area contributed by atoms with Crippen LogP contribution in [0.1, 0.15) is 73.6 Å². The third kappa shape index (κ3) is 8.33. The highest BCUT2D eigenvalue weighted by Crippen LogP contribution is 2.36. The van der Waals surface area contributed by atoms with Gasteiger partial charge in [0.05, 0.1) is 6.61 Å². The van der Waals surface area contributed by atoms with Crippen LogP contribution >= 0.6 is 0 Å². The lowest BCUT2D eigenvalue weighted by Crippen LogP contribution is -2.40. The fraction of sp³-hybridized carbons (Fsp3) is 0.800. The summed E-state index contributed by atoms with van der Waals surface area (Å²) in [5.74, 6) is 0.685. The molecule has 0 saturated carbocycles. The Balaban J connectivity index is 4.31. The van der Waals surface area contributed by atoms with Crippen LogP contribution in [0, 0.1) is 5.92 Å². The van der Waals surface area contributed by atoms with Gasteiger partial charge in [0.1, 0.15) is 0 Å².